The molecule has 0 saturated carbocycles. The molecule has 2 aliphatic rings. The SMILES string of the molecule is c1n[nH]c(CCNC2CCN3CCCC23)n1. The molecule has 0 aromatic carbocycles. The van der Waals surface area contributed by atoms with E-state index >= 15 is 0 Å². The van der Waals surface area contributed by atoms with Crippen molar-refractivity contribution in [2.45, 2.75) is 37.8 Å². The highest BCUT2D eigenvalue weighted by molar-refractivity contribution is 4.96. The quantitative estimate of drug-likeness (QED) is 0.761. The number of nitrogens with zero attached hydrogens (tertiary/aromatic N) is 3. The van der Waals surface area contributed by atoms with Gasteiger partial charge in [-0.2, -0.15) is 5.10 Å². The number of H-pyrrole nitrogens is 1. The zero-order valence-corrected chi connectivity index (χ0v) is 9.52. The maximum absolute atomic E-state index is 4.13. The first-order chi connectivity index (χ1) is 7.93. The monoisotopic (exact) mass is 221 g/mol. The molecule has 0 aliphatic carbocycles. The van der Waals surface area contributed by atoms with Crippen LogP contribution in [-0.2, 0) is 6.42 Å². The van der Waals surface area contributed by atoms with E-state index < -0.39 is 0 Å². The summed E-state index contributed by atoms with van der Waals surface area (Å²) in [5.74, 6) is 0.980. The number of hydrogen-bond donors (Lipinski definition) is 2. The van der Waals surface area contributed by atoms with Crippen molar-refractivity contribution in [3.05, 3.63) is 12.2 Å². The molecule has 2 saturated heterocycles. The van der Waals surface area contributed by atoms with Crippen LogP contribution in [0.4, 0.5) is 0 Å². The Balaban J connectivity index is 1.45. The second kappa shape index (κ2) is 4.51. The Morgan fingerprint density at radius 1 is 1.44 bits per heavy atom. The zero-order chi connectivity index (χ0) is 10.8. The highest BCUT2D eigenvalue weighted by Gasteiger charge is 2.36. The summed E-state index contributed by atoms with van der Waals surface area (Å²) in [7, 11) is 0. The first-order valence-corrected chi connectivity index (χ1v) is 6.25. The summed E-state index contributed by atoms with van der Waals surface area (Å²) < 4.78 is 0. The smallest absolute Gasteiger partial charge is 0.137 e. The zero-order valence-electron chi connectivity index (χ0n) is 9.52. The third-order valence-electron chi connectivity index (χ3n) is 3.84. The summed E-state index contributed by atoms with van der Waals surface area (Å²) in [4.78, 5) is 6.76. The molecule has 0 spiro atoms. The van der Waals surface area contributed by atoms with Crippen LogP contribution >= 0.6 is 0 Å². The second-order valence-corrected chi connectivity index (χ2v) is 4.78. The van der Waals surface area contributed by atoms with Gasteiger partial charge in [0.15, 0.2) is 0 Å². The van der Waals surface area contributed by atoms with Crippen molar-refractivity contribution in [3.8, 4) is 0 Å². The Hall–Kier alpha value is -0.940. The molecule has 5 heteroatoms. The molecule has 2 fully saturated rings. The van der Waals surface area contributed by atoms with Gasteiger partial charge in [0.1, 0.15) is 12.2 Å². The molecule has 3 heterocycles. The van der Waals surface area contributed by atoms with Crippen molar-refractivity contribution in [1.82, 2.24) is 25.4 Å². The molecular weight excluding hydrogens is 202 g/mol. The number of fused-ring (bicyclic) bond motifs is 1. The van der Waals surface area contributed by atoms with Crippen molar-refractivity contribution >= 4 is 0 Å². The fourth-order valence-electron chi connectivity index (χ4n) is 3.05. The highest BCUT2D eigenvalue weighted by Crippen LogP contribution is 2.27. The van der Waals surface area contributed by atoms with Gasteiger partial charge in [0.05, 0.1) is 0 Å². The van der Waals surface area contributed by atoms with Crippen LogP contribution in [-0.4, -0.2) is 51.8 Å². The lowest BCUT2D eigenvalue weighted by atomic mass is 10.1. The van der Waals surface area contributed by atoms with Crippen LogP contribution < -0.4 is 5.32 Å². The van der Waals surface area contributed by atoms with Crippen LogP contribution in [0.3, 0.4) is 0 Å². The predicted octanol–water partition coefficient (Wildman–Crippen LogP) is 0.173. The minimum atomic E-state index is 0.699. The summed E-state index contributed by atoms with van der Waals surface area (Å²) in [5.41, 5.74) is 0. The van der Waals surface area contributed by atoms with Gasteiger partial charge < -0.3 is 5.32 Å². The molecule has 16 heavy (non-hydrogen) atoms. The molecule has 1 aromatic heterocycles. The highest BCUT2D eigenvalue weighted by atomic mass is 15.2. The Morgan fingerprint density at radius 2 is 2.44 bits per heavy atom. The third kappa shape index (κ3) is 1.97. The minimum absolute atomic E-state index is 0.699. The molecule has 1 aromatic rings. The maximum Gasteiger partial charge on any atom is 0.137 e. The van der Waals surface area contributed by atoms with Gasteiger partial charge in [-0.3, -0.25) is 10.00 Å². The van der Waals surface area contributed by atoms with Gasteiger partial charge in [-0.05, 0) is 25.8 Å². The molecule has 5 nitrogen and oxygen atoms in total. The standard InChI is InChI=1S/C11H19N5/c1-2-10-9(4-7-16(10)6-1)12-5-3-11-13-8-14-15-11/h8-10,12H,1-7H2,(H,13,14,15). The minimum Gasteiger partial charge on any atom is -0.312 e. The largest absolute Gasteiger partial charge is 0.312 e. The molecular formula is C11H19N5. The van der Waals surface area contributed by atoms with Crippen LogP contribution in [0.15, 0.2) is 6.33 Å². The van der Waals surface area contributed by atoms with E-state index in [9.17, 15) is 0 Å². The van der Waals surface area contributed by atoms with Gasteiger partial charge in [0, 0.05) is 31.6 Å². The lowest BCUT2D eigenvalue weighted by Crippen LogP contribution is -2.40. The van der Waals surface area contributed by atoms with Crippen molar-refractivity contribution < 1.29 is 0 Å². The molecule has 2 aliphatic heterocycles. The number of hydrogen-bond acceptors (Lipinski definition) is 4. The fraction of sp³-hybridized carbons (Fsp3) is 0.818. The Kier molecular flexibility index (Phi) is 2.88. The van der Waals surface area contributed by atoms with E-state index in [0.717, 1.165) is 24.8 Å². The first-order valence-electron chi connectivity index (χ1n) is 6.25. The molecule has 2 atom stereocenters. The number of rotatable bonds is 4. The summed E-state index contributed by atoms with van der Waals surface area (Å²) in [6, 6.07) is 1.50. The lowest BCUT2D eigenvalue weighted by Gasteiger charge is -2.21. The van der Waals surface area contributed by atoms with E-state index in [-0.39, 0.29) is 0 Å². The second-order valence-electron chi connectivity index (χ2n) is 4.78. The van der Waals surface area contributed by atoms with Crippen LogP contribution in [0.25, 0.3) is 0 Å². The van der Waals surface area contributed by atoms with Gasteiger partial charge in [-0.25, -0.2) is 4.98 Å². The third-order valence-corrected chi connectivity index (χ3v) is 3.84. The Bertz CT molecular complexity index is 323. The van der Waals surface area contributed by atoms with Crippen molar-refractivity contribution in [2.75, 3.05) is 19.6 Å². The van der Waals surface area contributed by atoms with E-state index in [1.807, 2.05) is 0 Å². The summed E-state index contributed by atoms with van der Waals surface area (Å²) in [6.07, 6.45) is 6.58. The number of aromatic amines is 1. The first kappa shape index (κ1) is 10.2. The van der Waals surface area contributed by atoms with Crippen molar-refractivity contribution in [3.63, 3.8) is 0 Å². The van der Waals surface area contributed by atoms with Crippen LogP contribution in [0.1, 0.15) is 25.1 Å². The van der Waals surface area contributed by atoms with Crippen LogP contribution in [0, 0.1) is 0 Å². The van der Waals surface area contributed by atoms with Gasteiger partial charge in [0.25, 0.3) is 0 Å². The predicted molar refractivity (Wildman–Crippen MR) is 61.1 cm³/mol. The van der Waals surface area contributed by atoms with E-state index in [0.29, 0.717) is 6.04 Å². The van der Waals surface area contributed by atoms with Gasteiger partial charge in [-0.15, -0.1) is 0 Å². The molecule has 0 amide bonds. The van der Waals surface area contributed by atoms with Crippen molar-refractivity contribution in [1.29, 1.82) is 0 Å². The van der Waals surface area contributed by atoms with Gasteiger partial charge >= 0.3 is 0 Å². The van der Waals surface area contributed by atoms with Gasteiger partial charge in [0.2, 0.25) is 0 Å². The molecule has 88 valence electrons. The van der Waals surface area contributed by atoms with Gasteiger partial charge in [-0.1, -0.05) is 0 Å². The van der Waals surface area contributed by atoms with Crippen LogP contribution in [0.2, 0.25) is 0 Å². The summed E-state index contributed by atoms with van der Waals surface area (Å²) in [5, 5.41) is 10.4. The average molecular weight is 221 g/mol. The normalized spacial score (nSPS) is 29.8. The Labute approximate surface area is 95.6 Å². The molecule has 0 bridgehead atoms. The lowest BCUT2D eigenvalue weighted by molar-refractivity contribution is 0.299. The maximum atomic E-state index is 4.13. The van der Waals surface area contributed by atoms with E-state index in [1.165, 1.54) is 32.4 Å². The molecule has 2 unspecified atom stereocenters. The van der Waals surface area contributed by atoms with Crippen LogP contribution in [0.5, 0.6) is 0 Å². The van der Waals surface area contributed by atoms with E-state index in [1.54, 1.807) is 6.33 Å². The van der Waals surface area contributed by atoms with E-state index in [4.69, 9.17) is 0 Å². The molecule has 0 radical (unpaired) electrons. The van der Waals surface area contributed by atoms with E-state index in [2.05, 4.69) is 25.4 Å². The average Bonchev–Trinajstić information content (AvgIpc) is 2.95. The molecule has 2 N–H and O–H groups in total. The Morgan fingerprint density at radius 3 is 3.31 bits per heavy atom. The fourth-order valence-corrected chi connectivity index (χ4v) is 3.05. The number of nitrogens with one attached hydrogen (secondary N) is 2. The summed E-state index contributed by atoms with van der Waals surface area (Å²) >= 11 is 0. The molecule has 3 rings (SSSR count). The topological polar surface area (TPSA) is 56.8 Å². The summed E-state index contributed by atoms with van der Waals surface area (Å²) in [6.45, 7) is 3.60. The van der Waals surface area contributed by atoms with Crippen molar-refractivity contribution in [2.24, 2.45) is 0 Å². The number of aromatic nitrogens is 3.